The molecule has 4 nitrogen and oxygen atoms in total. The maximum atomic E-state index is 11.4. The van der Waals surface area contributed by atoms with E-state index in [-0.39, 0.29) is 11.3 Å². The Labute approximate surface area is 115 Å². The molecule has 1 amide bonds. The Hall–Kier alpha value is -1.55. The first-order valence-electron chi connectivity index (χ1n) is 6.49. The van der Waals surface area contributed by atoms with E-state index in [9.17, 15) is 4.79 Å². The molecule has 0 fully saturated rings. The van der Waals surface area contributed by atoms with Crippen LogP contribution in [0.4, 0.5) is 0 Å². The van der Waals surface area contributed by atoms with Crippen molar-refractivity contribution in [2.45, 2.75) is 32.6 Å². The summed E-state index contributed by atoms with van der Waals surface area (Å²) >= 11 is 0. The minimum Gasteiger partial charge on any atom is -0.493 e. The Kier molecular flexibility index (Phi) is 5.36. The predicted molar refractivity (Wildman–Crippen MR) is 77.1 cm³/mol. The Morgan fingerprint density at radius 1 is 1.32 bits per heavy atom. The number of ether oxygens (including phenoxy) is 1. The summed E-state index contributed by atoms with van der Waals surface area (Å²) in [5.74, 6) is 0.766. The van der Waals surface area contributed by atoms with E-state index in [0.717, 1.165) is 5.75 Å². The fourth-order valence-corrected chi connectivity index (χ4v) is 1.62. The van der Waals surface area contributed by atoms with Gasteiger partial charge >= 0.3 is 0 Å². The summed E-state index contributed by atoms with van der Waals surface area (Å²) in [4.78, 5) is 11.4. The van der Waals surface area contributed by atoms with Crippen molar-refractivity contribution in [3.05, 3.63) is 29.8 Å². The van der Waals surface area contributed by atoms with Gasteiger partial charge in [0.2, 0.25) is 5.91 Å². The standard InChI is InChI=1S/C15H24N2O2/c1-15(2,3)12-7-6-8-13(11-12)19-10-9-14(18)16-17(4)5/h6-8,11H,9-10H2,1-5H3,(H,16,18). The van der Waals surface area contributed by atoms with Crippen LogP contribution in [0, 0.1) is 0 Å². The van der Waals surface area contributed by atoms with Crippen LogP contribution in [0.3, 0.4) is 0 Å². The number of hydrazine groups is 1. The number of nitrogens with zero attached hydrogens (tertiary/aromatic N) is 1. The highest BCUT2D eigenvalue weighted by atomic mass is 16.5. The van der Waals surface area contributed by atoms with Gasteiger partial charge in [-0.05, 0) is 23.1 Å². The minimum atomic E-state index is -0.0445. The second-order valence-corrected chi connectivity index (χ2v) is 5.81. The monoisotopic (exact) mass is 264 g/mol. The zero-order chi connectivity index (χ0) is 14.5. The van der Waals surface area contributed by atoms with Gasteiger partial charge in [0.25, 0.3) is 0 Å². The first-order valence-corrected chi connectivity index (χ1v) is 6.49. The van der Waals surface area contributed by atoms with Crippen molar-refractivity contribution in [2.24, 2.45) is 0 Å². The molecule has 1 rings (SSSR count). The van der Waals surface area contributed by atoms with Crippen LogP contribution in [0.1, 0.15) is 32.8 Å². The number of carbonyl (C=O) groups excluding carboxylic acids is 1. The number of carbonyl (C=O) groups is 1. The van der Waals surface area contributed by atoms with E-state index < -0.39 is 0 Å². The summed E-state index contributed by atoms with van der Waals surface area (Å²) in [5, 5.41) is 1.63. The number of rotatable bonds is 5. The third-order valence-electron chi connectivity index (χ3n) is 2.65. The van der Waals surface area contributed by atoms with Crippen LogP contribution in [0.15, 0.2) is 24.3 Å². The molecule has 1 aromatic carbocycles. The Balaban J connectivity index is 2.48. The maximum absolute atomic E-state index is 11.4. The molecule has 1 N–H and O–H groups in total. The van der Waals surface area contributed by atoms with E-state index in [4.69, 9.17) is 4.74 Å². The molecule has 0 aliphatic heterocycles. The molecule has 19 heavy (non-hydrogen) atoms. The van der Waals surface area contributed by atoms with Crippen molar-refractivity contribution in [2.75, 3.05) is 20.7 Å². The van der Waals surface area contributed by atoms with Gasteiger partial charge in [0.15, 0.2) is 0 Å². The molecule has 0 bridgehead atoms. The first kappa shape index (κ1) is 15.5. The summed E-state index contributed by atoms with van der Waals surface area (Å²) in [6.07, 6.45) is 0.345. The molecular formula is C15H24N2O2. The van der Waals surface area contributed by atoms with Crippen LogP contribution in [-0.2, 0) is 10.2 Å². The van der Waals surface area contributed by atoms with Gasteiger partial charge in [-0.3, -0.25) is 10.2 Å². The summed E-state index contributed by atoms with van der Waals surface area (Å²) in [7, 11) is 3.57. The summed E-state index contributed by atoms with van der Waals surface area (Å²) in [6, 6.07) is 8.02. The second-order valence-electron chi connectivity index (χ2n) is 5.81. The first-order chi connectivity index (χ1) is 8.79. The molecule has 0 spiro atoms. The highest BCUT2D eigenvalue weighted by Gasteiger charge is 2.13. The van der Waals surface area contributed by atoms with Crippen LogP contribution < -0.4 is 10.2 Å². The van der Waals surface area contributed by atoms with Gasteiger partial charge in [-0.2, -0.15) is 0 Å². The van der Waals surface area contributed by atoms with Crippen molar-refractivity contribution in [1.29, 1.82) is 0 Å². The zero-order valence-electron chi connectivity index (χ0n) is 12.5. The topological polar surface area (TPSA) is 41.6 Å². The van der Waals surface area contributed by atoms with E-state index >= 15 is 0 Å². The highest BCUT2D eigenvalue weighted by molar-refractivity contribution is 5.75. The molecule has 0 heterocycles. The second kappa shape index (κ2) is 6.57. The molecule has 106 valence electrons. The van der Waals surface area contributed by atoms with Crippen LogP contribution in [0.5, 0.6) is 5.75 Å². The Morgan fingerprint density at radius 2 is 2.00 bits per heavy atom. The fraction of sp³-hybridized carbons (Fsp3) is 0.533. The summed E-state index contributed by atoms with van der Waals surface area (Å²) < 4.78 is 5.61. The van der Waals surface area contributed by atoms with Crippen LogP contribution in [0.25, 0.3) is 0 Å². The van der Waals surface area contributed by atoms with Crippen LogP contribution >= 0.6 is 0 Å². The van der Waals surface area contributed by atoms with Gasteiger partial charge < -0.3 is 4.74 Å². The number of nitrogens with one attached hydrogen (secondary N) is 1. The van der Waals surface area contributed by atoms with E-state index in [2.05, 4.69) is 32.3 Å². The lowest BCUT2D eigenvalue weighted by Gasteiger charge is -2.19. The van der Waals surface area contributed by atoms with Crippen LogP contribution in [-0.4, -0.2) is 31.6 Å². The Bertz CT molecular complexity index is 422. The average Bonchev–Trinajstić information content (AvgIpc) is 2.27. The van der Waals surface area contributed by atoms with Crippen molar-refractivity contribution >= 4 is 5.91 Å². The van der Waals surface area contributed by atoms with Gasteiger partial charge in [-0.1, -0.05) is 32.9 Å². The molecule has 0 unspecified atom stereocenters. The van der Waals surface area contributed by atoms with Crippen LogP contribution in [0.2, 0.25) is 0 Å². The summed E-state index contributed by atoms with van der Waals surface area (Å²) in [5.41, 5.74) is 4.00. The molecule has 0 atom stereocenters. The third kappa shape index (κ3) is 5.75. The molecule has 4 heteroatoms. The number of amides is 1. The van der Waals surface area contributed by atoms with Crippen molar-refractivity contribution < 1.29 is 9.53 Å². The fourth-order valence-electron chi connectivity index (χ4n) is 1.62. The van der Waals surface area contributed by atoms with Crippen molar-refractivity contribution in [1.82, 2.24) is 10.4 Å². The van der Waals surface area contributed by atoms with E-state index in [1.165, 1.54) is 5.56 Å². The van der Waals surface area contributed by atoms with Gasteiger partial charge in [0.05, 0.1) is 13.0 Å². The predicted octanol–water partition coefficient (Wildman–Crippen LogP) is 2.35. The number of hydrogen-bond acceptors (Lipinski definition) is 3. The largest absolute Gasteiger partial charge is 0.493 e. The lowest BCUT2D eigenvalue weighted by Crippen LogP contribution is -2.36. The molecular weight excluding hydrogens is 240 g/mol. The quantitative estimate of drug-likeness (QED) is 0.830. The Morgan fingerprint density at radius 3 is 2.58 bits per heavy atom. The molecule has 0 saturated heterocycles. The van der Waals surface area contributed by atoms with E-state index in [1.54, 1.807) is 19.1 Å². The molecule has 0 aliphatic carbocycles. The number of benzene rings is 1. The average molecular weight is 264 g/mol. The van der Waals surface area contributed by atoms with Crippen molar-refractivity contribution in [3.63, 3.8) is 0 Å². The van der Waals surface area contributed by atoms with Gasteiger partial charge in [0.1, 0.15) is 5.75 Å². The SMILES string of the molecule is CN(C)NC(=O)CCOc1cccc(C(C)(C)C)c1. The van der Waals surface area contributed by atoms with Gasteiger partial charge in [-0.15, -0.1) is 0 Å². The maximum Gasteiger partial charge on any atom is 0.237 e. The normalized spacial score (nSPS) is 11.5. The lowest BCUT2D eigenvalue weighted by molar-refractivity contribution is -0.125. The molecule has 0 radical (unpaired) electrons. The highest BCUT2D eigenvalue weighted by Crippen LogP contribution is 2.25. The molecule has 0 saturated carbocycles. The molecule has 0 aromatic heterocycles. The van der Waals surface area contributed by atoms with Gasteiger partial charge in [0, 0.05) is 14.1 Å². The summed E-state index contributed by atoms with van der Waals surface area (Å²) in [6.45, 7) is 6.87. The lowest BCUT2D eigenvalue weighted by atomic mass is 9.87. The zero-order valence-corrected chi connectivity index (χ0v) is 12.5. The number of hydrogen-bond donors (Lipinski definition) is 1. The van der Waals surface area contributed by atoms with Crippen molar-refractivity contribution in [3.8, 4) is 5.75 Å². The minimum absolute atomic E-state index is 0.0445. The van der Waals surface area contributed by atoms with E-state index in [1.807, 2.05) is 18.2 Å². The third-order valence-corrected chi connectivity index (χ3v) is 2.65. The van der Waals surface area contributed by atoms with Gasteiger partial charge in [-0.25, -0.2) is 5.01 Å². The molecule has 0 aliphatic rings. The van der Waals surface area contributed by atoms with E-state index in [0.29, 0.717) is 13.0 Å². The smallest absolute Gasteiger partial charge is 0.237 e. The molecule has 1 aromatic rings.